The molecule has 1 aliphatic heterocycles. The van der Waals surface area contributed by atoms with Crippen LogP contribution in [0.5, 0.6) is 17.2 Å². The summed E-state index contributed by atoms with van der Waals surface area (Å²) >= 11 is 0. The first kappa shape index (κ1) is 19.9. The zero-order valence-corrected chi connectivity index (χ0v) is 17.0. The van der Waals surface area contributed by atoms with Gasteiger partial charge < -0.3 is 19.1 Å². The minimum Gasteiger partial charge on any atom is -0.493 e. The van der Waals surface area contributed by atoms with Crippen molar-refractivity contribution in [2.75, 3.05) is 14.2 Å². The molecule has 1 fully saturated rings. The second kappa shape index (κ2) is 8.18. The van der Waals surface area contributed by atoms with Gasteiger partial charge in [0.2, 0.25) is 0 Å². The van der Waals surface area contributed by atoms with E-state index in [9.17, 15) is 14.4 Å². The van der Waals surface area contributed by atoms with Crippen LogP contribution in [0, 0.1) is 0 Å². The van der Waals surface area contributed by atoms with Crippen molar-refractivity contribution in [3.05, 3.63) is 53.1 Å². The number of carbonyl (C=O) groups excluding carboxylic acids is 3. The smallest absolute Gasteiger partial charge is 0.255 e. The number of nitrogens with zero attached hydrogens (tertiary/aromatic N) is 1. The molecule has 0 spiro atoms. The maximum absolute atomic E-state index is 12.9. The van der Waals surface area contributed by atoms with Gasteiger partial charge in [0, 0.05) is 17.5 Å². The van der Waals surface area contributed by atoms with Crippen molar-refractivity contribution in [3.63, 3.8) is 0 Å². The fourth-order valence-electron chi connectivity index (χ4n) is 4.03. The Morgan fingerprint density at radius 2 is 1.80 bits per heavy atom. The van der Waals surface area contributed by atoms with Gasteiger partial charge in [-0.1, -0.05) is 12.1 Å². The van der Waals surface area contributed by atoms with E-state index < -0.39 is 6.04 Å². The Bertz CT molecular complexity index is 1010. The Balaban J connectivity index is 1.52. The topological polar surface area (TPSA) is 82.1 Å². The normalized spacial score (nSPS) is 18.4. The van der Waals surface area contributed by atoms with Crippen LogP contribution in [0.4, 0.5) is 0 Å². The zero-order chi connectivity index (χ0) is 21.3. The summed E-state index contributed by atoms with van der Waals surface area (Å²) in [5.41, 5.74) is 2.21. The second-order valence-electron chi connectivity index (χ2n) is 7.43. The highest BCUT2D eigenvalue weighted by atomic mass is 16.5. The molecule has 1 aliphatic carbocycles. The fourth-order valence-corrected chi connectivity index (χ4v) is 4.03. The Labute approximate surface area is 174 Å². The lowest BCUT2D eigenvalue weighted by molar-refractivity contribution is -0.133. The standard InChI is InChI=1S/C23H23NO6/c1-28-21-9-6-14(10-22(21)29-2)13-30-20-5-3-4-16-17(20)12-24(23(16)27)18-8-7-15(25)11-19(18)26/h3-6,9-10,18H,7-8,11-13H2,1-2H3. The summed E-state index contributed by atoms with van der Waals surface area (Å²) in [4.78, 5) is 38.3. The van der Waals surface area contributed by atoms with Crippen LogP contribution in [0.1, 0.15) is 40.7 Å². The van der Waals surface area contributed by atoms with E-state index in [1.807, 2.05) is 24.3 Å². The molecule has 7 heteroatoms. The number of ether oxygens (including phenoxy) is 3. The summed E-state index contributed by atoms with van der Waals surface area (Å²) in [5.74, 6) is 1.44. The van der Waals surface area contributed by atoms with E-state index in [1.165, 1.54) is 0 Å². The molecular formula is C23H23NO6. The van der Waals surface area contributed by atoms with Gasteiger partial charge in [-0.25, -0.2) is 0 Å². The summed E-state index contributed by atoms with van der Waals surface area (Å²) in [7, 11) is 3.16. The number of amides is 1. The van der Waals surface area contributed by atoms with Crippen LogP contribution in [0.25, 0.3) is 0 Å². The number of hydrogen-bond donors (Lipinski definition) is 0. The van der Waals surface area contributed by atoms with Gasteiger partial charge in [-0.15, -0.1) is 0 Å². The van der Waals surface area contributed by atoms with E-state index in [-0.39, 0.29) is 23.9 Å². The summed E-state index contributed by atoms with van der Waals surface area (Å²) in [6.45, 7) is 0.600. The maximum Gasteiger partial charge on any atom is 0.255 e. The quantitative estimate of drug-likeness (QED) is 0.683. The molecule has 0 aromatic heterocycles. The maximum atomic E-state index is 12.9. The number of fused-ring (bicyclic) bond motifs is 1. The van der Waals surface area contributed by atoms with Crippen LogP contribution < -0.4 is 14.2 Å². The van der Waals surface area contributed by atoms with Gasteiger partial charge in [0.15, 0.2) is 17.3 Å². The van der Waals surface area contributed by atoms with Gasteiger partial charge >= 0.3 is 0 Å². The SMILES string of the molecule is COc1ccc(COc2cccc3c2CN(C2CCC(=O)CC2=O)C3=O)cc1OC. The highest BCUT2D eigenvalue weighted by molar-refractivity contribution is 6.07. The molecule has 156 valence electrons. The molecule has 0 N–H and O–H groups in total. The predicted molar refractivity (Wildman–Crippen MR) is 108 cm³/mol. The molecular weight excluding hydrogens is 386 g/mol. The molecule has 2 aromatic carbocycles. The molecule has 4 rings (SSSR count). The van der Waals surface area contributed by atoms with Crippen LogP contribution in [0.3, 0.4) is 0 Å². The van der Waals surface area contributed by atoms with Crippen LogP contribution in [0.15, 0.2) is 36.4 Å². The van der Waals surface area contributed by atoms with Gasteiger partial charge in [-0.05, 0) is 36.2 Å². The lowest BCUT2D eigenvalue weighted by Gasteiger charge is -2.29. The van der Waals surface area contributed by atoms with Crippen molar-refractivity contribution in [1.29, 1.82) is 0 Å². The van der Waals surface area contributed by atoms with Crippen molar-refractivity contribution in [2.24, 2.45) is 0 Å². The molecule has 7 nitrogen and oxygen atoms in total. The van der Waals surface area contributed by atoms with E-state index in [1.54, 1.807) is 31.3 Å². The minimum absolute atomic E-state index is 0.0562. The average molecular weight is 409 g/mol. The first-order chi connectivity index (χ1) is 14.5. The number of rotatable bonds is 6. The molecule has 0 radical (unpaired) electrons. The average Bonchev–Trinajstić information content (AvgIpc) is 3.09. The first-order valence-electron chi connectivity index (χ1n) is 9.82. The van der Waals surface area contributed by atoms with Gasteiger partial charge in [0.1, 0.15) is 18.1 Å². The van der Waals surface area contributed by atoms with E-state index in [0.717, 1.165) is 11.1 Å². The number of methoxy groups -OCH3 is 2. The number of Topliss-reactive ketones (excluding diaryl/α,β-unsaturated/α-hetero) is 2. The molecule has 1 heterocycles. The molecule has 1 amide bonds. The van der Waals surface area contributed by atoms with Gasteiger partial charge in [0.05, 0.1) is 33.2 Å². The molecule has 1 unspecified atom stereocenters. The van der Waals surface area contributed by atoms with Crippen molar-refractivity contribution in [2.45, 2.75) is 38.5 Å². The third-order valence-corrected chi connectivity index (χ3v) is 5.61. The monoisotopic (exact) mass is 409 g/mol. The molecule has 0 saturated heterocycles. The van der Waals surface area contributed by atoms with Gasteiger partial charge in [0.25, 0.3) is 5.91 Å². The van der Waals surface area contributed by atoms with Crippen LogP contribution >= 0.6 is 0 Å². The van der Waals surface area contributed by atoms with Crippen molar-refractivity contribution in [3.8, 4) is 17.2 Å². The van der Waals surface area contributed by atoms with Crippen LogP contribution in [0.2, 0.25) is 0 Å². The van der Waals surface area contributed by atoms with E-state index in [2.05, 4.69) is 0 Å². The summed E-state index contributed by atoms with van der Waals surface area (Å²) < 4.78 is 16.6. The molecule has 1 atom stereocenters. The van der Waals surface area contributed by atoms with E-state index in [0.29, 0.717) is 48.8 Å². The van der Waals surface area contributed by atoms with E-state index >= 15 is 0 Å². The Kier molecular flexibility index (Phi) is 5.44. The first-order valence-corrected chi connectivity index (χ1v) is 9.82. The number of ketones is 2. The molecule has 2 aliphatic rings. The fraction of sp³-hybridized carbons (Fsp3) is 0.348. The summed E-state index contributed by atoms with van der Waals surface area (Å²) in [6.07, 6.45) is 0.631. The zero-order valence-electron chi connectivity index (χ0n) is 17.0. The Morgan fingerprint density at radius 1 is 1.00 bits per heavy atom. The van der Waals surface area contributed by atoms with E-state index in [4.69, 9.17) is 14.2 Å². The lowest BCUT2D eigenvalue weighted by Crippen LogP contribution is -2.44. The van der Waals surface area contributed by atoms with Crippen molar-refractivity contribution < 1.29 is 28.6 Å². The summed E-state index contributed by atoms with van der Waals surface area (Å²) in [5, 5.41) is 0. The lowest BCUT2D eigenvalue weighted by atomic mass is 9.92. The third kappa shape index (κ3) is 3.63. The number of benzene rings is 2. The van der Waals surface area contributed by atoms with Gasteiger partial charge in [-0.3, -0.25) is 14.4 Å². The second-order valence-corrected chi connectivity index (χ2v) is 7.43. The Hall–Kier alpha value is -3.35. The molecule has 1 saturated carbocycles. The van der Waals surface area contributed by atoms with Crippen molar-refractivity contribution in [1.82, 2.24) is 4.90 Å². The molecule has 2 aromatic rings. The number of carbonyl (C=O) groups is 3. The molecule has 30 heavy (non-hydrogen) atoms. The number of hydrogen-bond acceptors (Lipinski definition) is 6. The van der Waals surface area contributed by atoms with Gasteiger partial charge in [-0.2, -0.15) is 0 Å². The Morgan fingerprint density at radius 3 is 2.53 bits per heavy atom. The predicted octanol–water partition coefficient (Wildman–Crippen LogP) is 2.93. The largest absolute Gasteiger partial charge is 0.493 e. The van der Waals surface area contributed by atoms with Crippen LogP contribution in [-0.4, -0.2) is 42.6 Å². The highest BCUT2D eigenvalue weighted by Gasteiger charge is 2.39. The highest BCUT2D eigenvalue weighted by Crippen LogP contribution is 2.35. The molecule has 0 bridgehead atoms. The van der Waals surface area contributed by atoms with Crippen molar-refractivity contribution >= 4 is 17.5 Å². The minimum atomic E-state index is -0.540. The summed E-state index contributed by atoms with van der Waals surface area (Å²) in [6, 6.07) is 10.4. The van der Waals surface area contributed by atoms with Crippen LogP contribution in [-0.2, 0) is 22.7 Å². The third-order valence-electron chi connectivity index (χ3n) is 5.61.